The zero-order chi connectivity index (χ0) is 14.7. The van der Waals surface area contributed by atoms with Gasteiger partial charge in [0, 0.05) is 11.4 Å². The molecule has 0 unspecified atom stereocenters. The molecule has 0 bridgehead atoms. The summed E-state index contributed by atoms with van der Waals surface area (Å²) in [5.41, 5.74) is 1.02. The van der Waals surface area contributed by atoms with Crippen molar-refractivity contribution in [1.29, 1.82) is 0 Å². The molecule has 0 spiro atoms. The van der Waals surface area contributed by atoms with E-state index in [-0.39, 0.29) is 17.5 Å². The predicted molar refractivity (Wildman–Crippen MR) is 79.1 cm³/mol. The third kappa shape index (κ3) is 3.07. The third-order valence-electron chi connectivity index (χ3n) is 3.23. The van der Waals surface area contributed by atoms with Gasteiger partial charge in [0.15, 0.2) is 0 Å². The fraction of sp³-hybridized carbons (Fsp3) is 0.375. The summed E-state index contributed by atoms with van der Waals surface area (Å²) in [7, 11) is 0. The molecule has 0 aliphatic heterocycles. The highest BCUT2D eigenvalue weighted by molar-refractivity contribution is 5.96. The fourth-order valence-electron chi connectivity index (χ4n) is 2.21. The predicted octanol–water partition coefficient (Wildman–Crippen LogP) is 3.02. The molecule has 0 saturated carbocycles. The summed E-state index contributed by atoms with van der Waals surface area (Å²) in [5.74, 6) is -0.372. The van der Waals surface area contributed by atoms with E-state index in [9.17, 15) is 9.59 Å². The minimum atomic E-state index is -0.595. The lowest BCUT2D eigenvalue weighted by Crippen LogP contribution is -2.35. The number of hydrogen-bond acceptors (Lipinski definition) is 3. The molecule has 1 aromatic carbocycles. The van der Waals surface area contributed by atoms with Crippen molar-refractivity contribution in [3.05, 3.63) is 45.8 Å². The van der Waals surface area contributed by atoms with E-state index in [4.69, 9.17) is 4.42 Å². The second-order valence-corrected chi connectivity index (χ2v) is 5.15. The van der Waals surface area contributed by atoms with E-state index < -0.39 is 5.63 Å². The molecule has 0 saturated heterocycles. The Balaban J connectivity index is 2.36. The molecule has 1 N–H and O–H groups in total. The average Bonchev–Trinajstić information content (AvgIpc) is 2.38. The molecule has 0 aliphatic carbocycles. The van der Waals surface area contributed by atoms with Crippen LogP contribution in [0.1, 0.15) is 42.6 Å². The molecular weight excluding hydrogens is 254 g/mol. The van der Waals surface area contributed by atoms with Crippen LogP contribution in [0.5, 0.6) is 0 Å². The second kappa shape index (κ2) is 5.90. The summed E-state index contributed by atoms with van der Waals surface area (Å²) >= 11 is 0. The standard InChI is InChI=1S/C16H19NO3/c1-4-5-11(3)17-15(18)13-9-12-8-10(2)6-7-14(12)20-16(13)19/h6-9,11H,4-5H2,1-3H3,(H,17,18)/t11-/m1/s1. The van der Waals surface area contributed by atoms with Crippen molar-refractivity contribution in [2.24, 2.45) is 0 Å². The molecule has 0 fully saturated rings. The average molecular weight is 273 g/mol. The second-order valence-electron chi connectivity index (χ2n) is 5.15. The molecule has 4 heteroatoms. The number of carbonyl (C=O) groups excluding carboxylic acids is 1. The number of rotatable bonds is 4. The monoisotopic (exact) mass is 273 g/mol. The SMILES string of the molecule is CCC[C@@H](C)NC(=O)c1cc2cc(C)ccc2oc1=O. The first-order chi connectivity index (χ1) is 9.51. The van der Waals surface area contributed by atoms with Gasteiger partial charge in [-0.25, -0.2) is 4.79 Å². The van der Waals surface area contributed by atoms with E-state index in [1.165, 1.54) is 0 Å². The molecule has 106 valence electrons. The van der Waals surface area contributed by atoms with Gasteiger partial charge in [0.05, 0.1) is 0 Å². The van der Waals surface area contributed by atoms with E-state index in [0.29, 0.717) is 5.58 Å². The van der Waals surface area contributed by atoms with Gasteiger partial charge in [0.25, 0.3) is 5.91 Å². The summed E-state index contributed by atoms with van der Waals surface area (Å²) < 4.78 is 5.19. The van der Waals surface area contributed by atoms with Crippen molar-refractivity contribution < 1.29 is 9.21 Å². The Labute approximate surface area is 117 Å². The van der Waals surface area contributed by atoms with Gasteiger partial charge in [-0.3, -0.25) is 4.79 Å². The quantitative estimate of drug-likeness (QED) is 0.871. The summed E-state index contributed by atoms with van der Waals surface area (Å²) in [6.07, 6.45) is 1.86. The van der Waals surface area contributed by atoms with E-state index >= 15 is 0 Å². The van der Waals surface area contributed by atoms with Crippen molar-refractivity contribution in [2.45, 2.75) is 39.7 Å². The van der Waals surface area contributed by atoms with Crippen LogP contribution in [-0.2, 0) is 0 Å². The van der Waals surface area contributed by atoms with Gasteiger partial charge in [-0.2, -0.15) is 0 Å². The number of benzene rings is 1. The topological polar surface area (TPSA) is 59.3 Å². The largest absolute Gasteiger partial charge is 0.422 e. The van der Waals surface area contributed by atoms with Crippen LogP contribution >= 0.6 is 0 Å². The smallest absolute Gasteiger partial charge is 0.349 e. The van der Waals surface area contributed by atoms with Crippen LogP contribution in [-0.4, -0.2) is 11.9 Å². The zero-order valence-electron chi connectivity index (χ0n) is 12.0. The number of fused-ring (bicyclic) bond motifs is 1. The molecular formula is C16H19NO3. The summed E-state index contributed by atoms with van der Waals surface area (Å²) in [4.78, 5) is 24.0. The van der Waals surface area contributed by atoms with Crippen molar-refractivity contribution >= 4 is 16.9 Å². The van der Waals surface area contributed by atoms with Gasteiger partial charge >= 0.3 is 5.63 Å². The number of amides is 1. The normalized spacial score (nSPS) is 12.3. The lowest BCUT2D eigenvalue weighted by molar-refractivity contribution is 0.0935. The van der Waals surface area contributed by atoms with Crippen LogP contribution in [0, 0.1) is 6.92 Å². The molecule has 1 amide bonds. The van der Waals surface area contributed by atoms with Gasteiger partial charge < -0.3 is 9.73 Å². The van der Waals surface area contributed by atoms with Crippen molar-refractivity contribution in [3.8, 4) is 0 Å². The van der Waals surface area contributed by atoms with E-state index in [2.05, 4.69) is 12.2 Å². The lowest BCUT2D eigenvalue weighted by atomic mass is 10.1. The Morgan fingerprint density at radius 1 is 1.35 bits per heavy atom. The molecule has 20 heavy (non-hydrogen) atoms. The summed E-state index contributed by atoms with van der Waals surface area (Å²) in [5, 5.41) is 3.58. The van der Waals surface area contributed by atoms with Crippen LogP contribution in [0.25, 0.3) is 11.0 Å². The third-order valence-corrected chi connectivity index (χ3v) is 3.23. The summed E-state index contributed by atoms with van der Waals surface area (Å²) in [6.45, 7) is 5.93. The highest BCUT2D eigenvalue weighted by Gasteiger charge is 2.15. The Hall–Kier alpha value is -2.10. The molecule has 4 nitrogen and oxygen atoms in total. The first kappa shape index (κ1) is 14.3. The molecule has 0 radical (unpaired) electrons. The van der Waals surface area contributed by atoms with E-state index in [1.807, 2.05) is 26.0 Å². The van der Waals surface area contributed by atoms with Crippen LogP contribution in [0.2, 0.25) is 0 Å². The summed E-state index contributed by atoms with van der Waals surface area (Å²) in [6, 6.07) is 7.15. The van der Waals surface area contributed by atoms with Gasteiger partial charge in [-0.15, -0.1) is 0 Å². The number of nitrogens with one attached hydrogen (secondary N) is 1. The van der Waals surface area contributed by atoms with Crippen LogP contribution in [0.4, 0.5) is 0 Å². The van der Waals surface area contributed by atoms with E-state index in [0.717, 1.165) is 23.8 Å². The minimum absolute atomic E-state index is 0.0418. The highest BCUT2D eigenvalue weighted by Crippen LogP contribution is 2.15. The lowest BCUT2D eigenvalue weighted by Gasteiger charge is -2.12. The Kier molecular flexibility index (Phi) is 4.23. The van der Waals surface area contributed by atoms with Gasteiger partial charge in [0.1, 0.15) is 11.1 Å². The van der Waals surface area contributed by atoms with Gasteiger partial charge in [0.2, 0.25) is 0 Å². The Morgan fingerprint density at radius 2 is 2.10 bits per heavy atom. The Morgan fingerprint density at radius 3 is 2.80 bits per heavy atom. The first-order valence-electron chi connectivity index (χ1n) is 6.86. The molecule has 1 heterocycles. The molecule has 1 aromatic heterocycles. The molecule has 2 aromatic rings. The van der Waals surface area contributed by atoms with Crippen molar-refractivity contribution in [1.82, 2.24) is 5.32 Å². The number of carbonyl (C=O) groups is 1. The molecule has 0 aliphatic rings. The number of hydrogen-bond donors (Lipinski definition) is 1. The fourth-order valence-corrected chi connectivity index (χ4v) is 2.21. The molecule has 1 atom stereocenters. The zero-order valence-corrected chi connectivity index (χ0v) is 12.0. The van der Waals surface area contributed by atoms with Crippen molar-refractivity contribution in [3.63, 3.8) is 0 Å². The maximum atomic E-state index is 12.1. The molecule has 2 rings (SSSR count). The van der Waals surface area contributed by atoms with Crippen LogP contribution in [0.15, 0.2) is 33.5 Å². The first-order valence-corrected chi connectivity index (χ1v) is 6.86. The van der Waals surface area contributed by atoms with Gasteiger partial charge in [-0.1, -0.05) is 25.0 Å². The van der Waals surface area contributed by atoms with E-state index in [1.54, 1.807) is 12.1 Å². The van der Waals surface area contributed by atoms with Gasteiger partial charge in [-0.05, 0) is 38.5 Å². The highest BCUT2D eigenvalue weighted by atomic mass is 16.4. The van der Waals surface area contributed by atoms with Crippen LogP contribution < -0.4 is 10.9 Å². The minimum Gasteiger partial charge on any atom is -0.422 e. The Bertz CT molecular complexity index is 688. The van der Waals surface area contributed by atoms with Crippen molar-refractivity contribution in [2.75, 3.05) is 0 Å². The van der Waals surface area contributed by atoms with Crippen LogP contribution in [0.3, 0.4) is 0 Å². The number of aryl methyl sites for hydroxylation is 1. The maximum absolute atomic E-state index is 12.1. The maximum Gasteiger partial charge on any atom is 0.349 e.